The molecule has 0 fully saturated rings. The van der Waals surface area contributed by atoms with Gasteiger partial charge in [-0.3, -0.25) is 13.9 Å². The second kappa shape index (κ2) is 10.8. The Balaban J connectivity index is 2.36. The van der Waals surface area contributed by atoms with Gasteiger partial charge in [0.2, 0.25) is 21.8 Å². The van der Waals surface area contributed by atoms with Crippen molar-refractivity contribution < 1.29 is 18.0 Å². The van der Waals surface area contributed by atoms with Gasteiger partial charge < -0.3 is 10.2 Å². The number of halogens is 1. The fourth-order valence-corrected chi connectivity index (χ4v) is 4.43. The fraction of sp³-hybridized carbons (Fsp3) is 0.364. The lowest BCUT2D eigenvalue weighted by molar-refractivity contribution is -0.139. The molecule has 0 aliphatic heterocycles. The highest BCUT2D eigenvalue weighted by molar-refractivity contribution is 9.10. The highest BCUT2D eigenvalue weighted by Gasteiger charge is 2.29. The Bertz CT molecular complexity index is 1030. The molecular formula is C22H28BrN3O4S. The number of amides is 2. The van der Waals surface area contributed by atoms with Crippen LogP contribution in [0.15, 0.2) is 53.0 Å². The maximum atomic E-state index is 13.3. The number of likely N-dealkylation sites (N-methyl/N-ethyl adjacent to an activating group) is 1. The molecule has 0 saturated carbocycles. The van der Waals surface area contributed by atoms with E-state index in [0.29, 0.717) is 5.69 Å². The molecule has 0 aromatic heterocycles. The van der Waals surface area contributed by atoms with Gasteiger partial charge in [-0.05, 0) is 48.7 Å². The molecule has 0 spiro atoms. The maximum Gasteiger partial charge on any atom is 0.244 e. The summed E-state index contributed by atoms with van der Waals surface area (Å²) < 4.78 is 26.9. The lowest BCUT2D eigenvalue weighted by Gasteiger charge is -2.31. The van der Waals surface area contributed by atoms with Gasteiger partial charge in [0.15, 0.2) is 0 Å². The number of sulfonamides is 1. The van der Waals surface area contributed by atoms with Crippen LogP contribution in [-0.2, 0) is 32.6 Å². The van der Waals surface area contributed by atoms with E-state index in [1.54, 1.807) is 19.1 Å². The van der Waals surface area contributed by atoms with Gasteiger partial charge in [0.05, 0.1) is 11.9 Å². The van der Waals surface area contributed by atoms with Gasteiger partial charge in [0, 0.05) is 18.1 Å². The molecular weight excluding hydrogens is 482 g/mol. The van der Waals surface area contributed by atoms with Gasteiger partial charge in [-0.25, -0.2) is 8.42 Å². The standard InChI is InChI=1S/C22H28BrN3O4S/c1-5-17-9-11-20(12-10-17)26(31(4,29)30)15-21(27)25(16(2)22(28)24-3)14-18-7-6-8-19(23)13-18/h6-13,16H,5,14-15H2,1-4H3,(H,24,28). The summed E-state index contributed by atoms with van der Waals surface area (Å²) in [5.74, 6) is -0.803. The summed E-state index contributed by atoms with van der Waals surface area (Å²) >= 11 is 3.41. The van der Waals surface area contributed by atoms with Crippen molar-refractivity contribution in [1.82, 2.24) is 10.2 Å². The largest absolute Gasteiger partial charge is 0.357 e. The summed E-state index contributed by atoms with van der Waals surface area (Å²) in [5, 5.41) is 2.55. The van der Waals surface area contributed by atoms with Gasteiger partial charge >= 0.3 is 0 Å². The predicted molar refractivity (Wildman–Crippen MR) is 126 cm³/mol. The summed E-state index contributed by atoms with van der Waals surface area (Å²) in [5.41, 5.74) is 2.28. The number of carbonyl (C=O) groups excluding carboxylic acids is 2. The molecule has 0 bridgehead atoms. The Morgan fingerprint density at radius 1 is 1.10 bits per heavy atom. The number of nitrogens with one attached hydrogen (secondary N) is 1. The van der Waals surface area contributed by atoms with E-state index < -0.39 is 28.5 Å². The Labute approximate surface area is 192 Å². The third kappa shape index (κ3) is 6.80. The molecule has 1 atom stereocenters. The minimum absolute atomic E-state index is 0.166. The normalized spacial score (nSPS) is 12.2. The van der Waals surface area contributed by atoms with Gasteiger partial charge in [-0.2, -0.15) is 0 Å². The van der Waals surface area contributed by atoms with Crippen molar-refractivity contribution in [2.45, 2.75) is 32.9 Å². The van der Waals surface area contributed by atoms with Gasteiger partial charge in [-0.15, -0.1) is 0 Å². The van der Waals surface area contributed by atoms with Crippen LogP contribution in [0, 0.1) is 0 Å². The number of nitrogens with zero attached hydrogens (tertiary/aromatic N) is 2. The number of rotatable bonds is 9. The van der Waals surface area contributed by atoms with E-state index in [0.717, 1.165) is 32.6 Å². The van der Waals surface area contributed by atoms with Crippen molar-refractivity contribution in [2.75, 3.05) is 24.2 Å². The Kier molecular flexibility index (Phi) is 8.64. The Morgan fingerprint density at radius 3 is 2.26 bits per heavy atom. The molecule has 168 valence electrons. The van der Waals surface area contributed by atoms with E-state index in [-0.39, 0.29) is 12.5 Å². The van der Waals surface area contributed by atoms with Gasteiger partial charge in [-0.1, -0.05) is 47.1 Å². The first-order valence-corrected chi connectivity index (χ1v) is 12.5. The molecule has 2 aromatic rings. The first-order valence-electron chi connectivity index (χ1n) is 9.89. The van der Waals surface area contributed by atoms with Crippen LogP contribution in [0.25, 0.3) is 0 Å². The Morgan fingerprint density at radius 2 is 1.74 bits per heavy atom. The van der Waals surface area contributed by atoms with Crippen LogP contribution in [0.3, 0.4) is 0 Å². The zero-order valence-corrected chi connectivity index (χ0v) is 20.5. The molecule has 0 aliphatic rings. The molecule has 2 amide bonds. The summed E-state index contributed by atoms with van der Waals surface area (Å²) in [7, 11) is -2.22. The number of anilines is 1. The van der Waals surface area contributed by atoms with Crippen molar-refractivity contribution in [3.63, 3.8) is 0 Å². The van der Waals surface area contributed by atoms with Crippen LogP contribution in [0.5, 0.6) is 0 Å². The van der Waals surface area contributed by atoms with Crippen LogP contribution in [0.1, 0.15) is 25.0 Å². The van der Waals surface area contributed by atoms with E-state index in [9.17, 15) is 18.0 Å². The molecule has 31 heavy (non-hydrogen) atoms. The fourth-order valence-electron chi connectivity index (χ4n) is 3.14. The lowest BCUT2D eigenvalue weighted by Crippen LogP contribution is -2.50. The first kappa shape index (κ1) is 24.9. The van der Waals surface area contributed by atoms with Crippen LogP contribution in [0.4, 0.5) is 5.69 Å². The monoisotopic (exact) mass is 509 g/mol. The average Bonchev–Trinajstić information content (AvgIpc) is 2.74. The minimum atomic E-state index is -3.72. The van der Waals surface area contributed by atoms with E-state index in [1.807, 2.05) is 43.3 Å². The SMILES string of the molecule is CCc1ccc(N(CC(=O)N(Cc2cccc(Br)c2)C(C)C(=O)NC)S(C)(=O)=O)cc1. The van der Waals surface area contributed by atoms with Crippen molar-refractivity contribution in [3.8, 4) is 0 Å². The van der Waals surface area contributed by atoms with E-state index in [2.05, 4.69) is 21.2 Å². The molecule has 0 saturated heterocycles. The summed E-state index contributed by atoms with van der Waals surface area (Å²) in [6.45, 7) is 3.39. The van der Waals surface area contributed by atoms with E-state index in [4.69, 9.17) is 0 Å². The molecule has 1 N–H and O–H groups in total. The van der Waals surface area contributed by atoms with Crippen LogP contribution in [0.2, 0.25) is 0 Å². The zero-order chi connectivity index (χ0) is 23.2. The third-order valence-electron chi connectivity index (χ3n) is 4.97. The van der Waals surface area contributed by atoms with Gasteiger partial charge in [0.25, 0.3) is 0 Å². The third-order valence-corrected chi connectivity index (χ3v) is 6.60. The van der Waals surface area contributed by atoms with E-state index >= 15 is 0 Å². The molecule has 0 heterocycles. The highest BCUT2D eigenvalue weighted by atomic mass is 79.9. The average molecular weight is 510 g/mol. The van der Waals surface area contributed by atoms with Crippen LogP contribution >= 0.6 is 15.9 Å². The number of hydrogen-bond acceptors (Lipinski definition) is 4. The Hall–Kier alpha value is -2.39. The molecule has 0 radical (unpaired) electrons. The van der Waals surface area contributed by atoms with Crippen molar-refractivity contribution in [2.24, 2.45) is 0 Å². The predicted octanol–water partition coefficient (Wildman–Crippen LogP) is 2.94. The number of hydrogen-bond donors (Lipinski definition) is 1. The van der Waals surface area contributed by atoms with Crippen molar-refractivity contribution in [3.05, 3.63) is 64.1 Å². The quantitative estimate of drug-likeness (QED) is 0.562. The molecule has 1 unspecified atom stereocenters. The van der Waals surface area contributed by atoms with Crippen molar-refractivity contribution in [1.29, 1.82) is 0 Å². The number of aryl methyl sites for hydroxylation is 1. The van der Waals surface area contributed by atoms with Gasteiger partial charge in [0.1, 0.15) is 12.6 Å². The molecule has 0 aliphatic carbocycles. The molecule has 2 aromatic carbocycles. The maximum absolute atomic E-state index is 13.3. The molecule has 9 heteroatoms. The lowest BCUT2D eigenvalue weighted by atomic mass is 10.1. The smallest absolute Gasteiger partial charge is 0.244 e. The first-order chi connectivity index (χ1) is 14.6. The second-order valence-corrected chi connectivity index (χ2v) is 10.1. The number of benzene rings is 2. The highest BCUT2D eigenvalue weighted by Crippen LogP contribution is 2.20. The summed E-state index contributed by atoms with van der Waals surface area (Å²) in [6.07, 6.45) is 1.89. The molecule has 7 nitrogen and oxygen atoms in total. The van der Waals surface area contributed by atoms with Crippen molar-refractivity contribution >= 4 is 43.5 Å². The summed E-state index contributed by atoms with van der Waals surface area (Å²) in [6, 6.07) is 13.7. The van der Waals surface area contributed by atoms with E-state index in [1.165, 1.54) is 11.9 Å². The molecule has 2 rings (SSSR count). The summed E-state index contributed by atoms with van der Waals surface area (Å²) in [4.78, 5) is 27.0. The van der Waals surface area contributed by atoms with Crippen LogP contribution in [-0.4, -0.2) is 51.0 Å². The second-order valence-electron chi connectivity index (χ2n) is 7.23. The number of carbonyl (C=O) groups is 2. The van der Waals surface area contributed by atoms with Crippen LogP contribution < -0.4 is 9.62 Å². The topological polar surface area (TPSA) is 86.8 Å². The minimum Gasteiger partial charge on any atom is -0.357 e. The zero-order valence-electron chi connectivity index (χ0n) is 18.1.